The molecule has 1 unspecified atom stereocenters. The van der Waals surface area contributed by atoms with Gasteiger partial charge in [-0.15, -0.1) is 0 Å². The molecular formula is C23H27F3N2O10. The maximum atomic E-state index is 13.2. The third-order valence-corrected chi connectivity index (χ3v) is 5.84. The maximum absolute atomic E-state index is 13.2. The number of nitrogens with one attached hydrogen (secondary N) is 2. The predicted octanol–water partition coefficient (Wildman–Crippen LogP) is 1.16. The fourth-order valence-electron chi connectivity index (χ4n) is 4.08. The number of fused-ring (bicyclic) bond motifs is 1. The lowest BCUT2D eigenvalue weighted by atomic mass is 9.87. The van der Waals surface area contributed by atoms with Crippen LogP contribution in [0.4, 0.5) is 13.2 Å². The molecule has 0 aromatic heterocycles. The SMILES string of the molecule is CNC[C@H]1CC[C@H](OC(=O)C2(OOCC(=O)O)c3cccc(C(=O)CNC=O)c32)CC1.O=C(O)C(F)(F)F. The van der Waals surface area contributed by atoms with E-state index in [1.165, 1.54) is 6.07 Å². The zero-order chi connectivity index (χ0) is 28.5. The summed E-state index contributed by atoms with van der Waals surface area (Å²) >= 11 is 0. The minimum absolute atomic E-state index is 0.181. The Morgan fingerprint density at radius 1 is 1.13 bits per heavy atom. The summed E-state index contributed by atoms with van der Waals surface area (Å²) in [6.45, 7) is -0.132. The van der Waals surface area contributed by atoms with E-state index in [2.05, 4.69) is 10.6 Å². The fraction of sp³-hybridized carbons (Fsp3) is 0.522. The first-order chi connectivity index (χ1) is 17.9. The molecular weight excluding hydrogens is 521 g/mol. The first-order valence-electron chi connectivity index (χ1n) is 11.4. The van der Waals surface area contributed by atoms with Gasteiger partial charge in [-0.2, -0.15) is 13.2 Å². The maximum Gasteiger partial charge on any atom is 0.490 e. The Morgan fingerprint density at radius 3 is 2.29 bits per heavy atom. The van der Waals surface area contributed by atoms with Crippen LogP contribution in [0, 0.1) is 5.92 Å². The van der Waals surface area contributed by atoms with Gasteiger partial charge in [0.2, 0.25) is 6.41 Å². The number of esters is 1. The van der Waals surface area contributed by atoms with Gasteiger partial charge >= 0.3 is 24.1 Å². The summed E-state index contributed by atoms with van der Waals surface area (Å²) in [6, 6.07) is 4.67. The summed E-state index contributed by atoms with van der Waals surface area (Å²) < 4.78 is 37.4. The van der Waals surface area contributed by atoms with Crippen molar-refractivity contribution in [3.8, 4) is 0 Å². The monoisotopic (exact) mass is 548 g/mol. The minimum atomic E-state index is -5.08. The second-order valence-electron chi connectivity index (χ2n) is 8.48. The van der Waals surface area contributed by atoms with Crippen molar-refractivity contribution in [2.24, 2.45) is 5.92 Å². The second-order valence-corrected chi connectivity index (χ2v) is 8.48. The summed E-state index contributed by atoms with van der Waals surface area (Å²) in [5, 5.41) is 21.4. The number of halogens is 3. The van der Waals surface area contributed by atoms with Gasteiger partial charge in [0.05, 0.1) is 6.54 Å². The Balaban J connectivity index is 0.000000638. The number of carbonyl (C=O) groups is 5. The quantitative estimate of drug-likeness (QED) is 0.0969. The van der Waals surface area contributed by atoms with Gasteiger partial charge in [0, 0.05) is 16.7 Å². The van der Waals surface area contributed by atoms with E-state index in [-0.39, 0.29) is 23.8 Å². The van der Waals surface area contributed by atoms with Gasteiger partial charge in [0.15, 0.2) is 12.4 Å². The van der Waals surface area contributed by atoms with Crippen LogP contribution in [0.15, 0.2) is 18.2 Å². The molecule has 1 amide bonds. The topological polar surface area (TPSA) is 178 Å². The van der Waals surface area contributed by atoms with Gasteiger partial charge in [-0.1, -0.05) is 18.2 Å². The molecule has 3 rings (SSSR count). The third kappa shape index (κ3) is 7.72. The zero-order valence-electron chi connectivity index (χ0n) is 20.2. The molecule has 0 bridgehead atoms. The van der Waals surface area contributed by atoms with E-state index in [1.807, 2.05) is 7.05 Å². The minimum Gasteiger partial charge on any atom is -0.479 e. The summed E-state index contributed by atoms with van der Waals surface area (Å²) in [7, 11) is 1.90. The van der Waals surface area contributed by atoms with Gasteiger partial charge in [0.25, 0.3) is 5.60 Å². The van der Waals surface area contributed by atoms with Gasteiger partial charge in [-0.3, -0.25) is 9.59 Å². The molecule has 0 radical (unpaired) electrons. The van der Waals surface area contributed by atoms with Crippen molar-refractivity contribution in [2.45, 2.75) is 43.6 Å². The highest BCUT2D eigenvalue weighted by molar-refractivity contribution is 6.07. The molecule has 1 saturated carbocycles. The lowest BCUT2D eigenvalue weighted by molar-refractivity contribution is -0.335. The van der Waals surface area contributed by atoms with Crippen LogP contribution in [0.5, 0.6) is 0 Å². The van der Waals surface area contributed by atoms with Gasteiger partial charge in [0.1, 0.15) is 6.10 Å². The number of aliphatic carboxylic acids is 2. The number of carboxylic acid groups (broad SMARTS) is 2. The Labute approximate surface area is 214 Å². The number of ketones is 1. The molecule has 210 valence electrons. The van der Waals surface area contributed by atoms with Crippen molar-refractivity contribution in [2.75, 3.05) is 26.7 Å². The van der Waals surface area contributed by atoms with E-state index in [1.54, 1.807) is 12.1 Å². The summed E-state index contributed by atoms with van der Waals surface area (Å²) in [5.74, 6) is -4.67. The van der Waals surface area contributed by atoms with Crippen molar-refractivity contribution in [1.82, 2.24) is 10.6 Å². The van der Waals surface area contributed by atoms with E-state index in [9.17, 15) is 32.3 Å². The number of hydrogen-bond donors (Lipinski definition) is 4. The average molecular weight is 548 g/mol. The normalized spacial score (nSPS) is 21.7. The molecule has 1 aromatic carbocycles. The van der Waals surface area contributed by atoms with Crippen LogP contribution in [-0.4, -0.2) is 79.3 Å². The Morgan fingerprint density at radius 2 is 1.76 bits per heavy atom. The molecule has 0 saturated heterocycles. The molecule has 38 heavy (non-hydrogen) atoms. The number of hydrogen-bond acceptors (Lipinski definition) is 9. The van der Waals surface area contributed by atoms with Crippen LogP contribution in [0.3, 0.4) is 0 Å². The van der Waals surface area contributed by atoms with Crippen molar-refractivity contribution in [3.63, 3.8) is 0 Å². The van der Waals surface area contributed by atoms with Gasteiger partial charge < -0.3 is 25.6 Å². The molecule has 1 atom stereocenters. The van der Waals surface area contributed by atoms with Crippen molar-refractivity contribution in [1.29, 1.82) is 0 Å². The number of amides is 1. The van der Waals surface area contributed by atoms with E-state index < -0.39 is 42.1 Å². The first-order valence-corrected chi connectivity index (χ1v) is 11.4. The third-order valence-electron chi connectivity index (χ3n) is 5.84. The molecule has 2 aliphatic rings. The highest BCUT2D eigenvalue weighted by Gasteiger charge is 2.64. The van der Waals surface area contributed by atoms with E-state index in [0.29, 0.717) is 30.7 Å². The second kappa shape index (κ2) is 13.3. The van der Waals surface area contributed by atoms with Crippen molar-refractivity contribution < 1.29 is 61.9 Å². The summed E-state index contributed by atoms with van der Waals surface area (Å²) in [4.78, 5) is 65.9. The van der Waals surface area contributed by atoms with Crippen LogP contribution in [0.1, 0.15) is 47.2 Å². The molecule has 0 aliphatic heterocycles. The highest BCUT2D eigenvalue weighted by atomic mass is 19.4. The number of rotatable bonds is 12. The largest absolute Gasteiger partial charge is 0.490 e. The molecule has 0 spiro atoms. The molecule has 1 aromatic rings. The number of alkyl halides is 3. The standard InChI is InChI=1S/C21H26N2O8.C2HF3O2/c1-22-9-13-5-7-14(8-6-13)30-20(28)21(31-29-11-18(26)27)16-4-2-3-15(19(16)21)17(25)10-23-12-24;3-2(4,5)1(6)7/h2-4,12-14,22H,5-11H2,1H3,(H,23,24)(H,26,27);(H,6,7)/t13-,14-,21?;. The molecule has 4 N–H and O–H groups in total. The number of carboxylic acids is 2. The Hall–Kier alpha value is -3.56. The van der Waals surface area contributed by atoms with E-state index >= 15 is 0 Å². The molecule has 2 aliphatic carbocycles. The van der Waals surface area contributed by atoms with Crippen molar-refractivity contribution in [3.05, 3.63) is 34.9 Å². The predicted molar refractivity (Wildman–Crippen MR) is 120 cm³/mol. The number of ether oxygens (including phenoxy) is 1. The zero-order valence-corrected chi connectivity index (χ0v) is 20.2. The number of carbonyl (C=O) groups excluding carboxylic acids is 3. The number of benzene rings is 1. The number of Topliss-reactive ketones (excluding diaryl/α,β-unsaturated/α-hetero) is 1. The Kier molecular flexibility index (Phi) is 10.7. The lowest BCUT2D eigenvalue weighted by Crippen LogP contribution is -2.35. The van der Waals surface area contributed by atoms with Gasteiger partial charge in [-0.05, 0) is 45.2 Å². The van der Waals surface area contributed by atoms with Crippen LogP contribution in [0.2, 0.25) is 0 Å². The summed E-state index contributed by atoms with van der Waals surface area (Å²) in [5.41, 5.74) is -0.955. The lowest BCUT2D eigenvalue weighted by Gasteiger charge is -2.29. The van der Waals surface area contributed by atoms with Crippen LogP contribution < -0.4 is 10.6 Å². The van der Waals surface area contributed by atoms with Crippen LogP contribution >= 0.6 is 0 Å². The molecule has 1 fully saturated rings. The molecule has 15 heteroatoms. The molecule has 0 heterocycles. The highest BCUT2D eigenvalue weighted by Crippen LogP contribution is 2.54. The van der Waals surface area contributed by atoms with Crippen LogP contribution in [-0.2, 0) is 39.3 Å². The van der Waals surface area contributed by atoms with Crippen molar-refractivity contribution >= 4 is 30.1 Å². The van der Waals surface area contributed by atoms with Gasteiger partial charge in [-0.25, -0.2) is 24.2 Å². The average Bonchev–Trinajstić information content (AvgIpc) is 3.52. The van der Waals surface area contributed by atoms with E-state index in [0.717, 1.165) is 19.4 Å². The van der Waals surface area contributed by atoms with Crippen LogP contribution in [0.25, 0.3) is 0 Å². The Bertz CT molecular complexity index is 1040. The smallest absolute Gasteiger partial charge is 0.479 e. The van der Waals surface area contributed by atoms with E-state index in [4.69, 9.17) is 29.5 Å². The fourth-order valence-corrected chi connectivity index (χ4v) is 4.08. The summed E-state index contributed by atoms with van der Waals surface area (Å²) in [6.07, 6.45) is -1.75. The molecule has 12 nitrogen and oxygen atoms in total. The first kappa shape index (κ1) is 30.7.